The molecule has 0 aromatic heterocycles. The maximum absolute atomic E-state index is 5.96. The van der Waals surface area contributed by atoms with Crippen molar-refractivity contribution in [1.29, 1.82) is 0 Å². The first-order valence-electron chi connectivity index (χ1n) is 5.52. The van der Waals surface area contributed by atoms with Gasteiger partial charge in [-0.05, 0) is 33.1 Å². The normalized spacial score (nSPS) is 33.6. The Balaban J connectivity index is 2.58. The van der Waals surface area contributed by atoms with Crippen molar-refractivity contribution in [1.82, 2.24) is 0 Å². The monoisotopic (exact) mass is 201 g/mol. The fourth-order valence-corrected chi connectivity index (χ4v) is 2.31. The summed E-state index contributed by atoms with van der Waals surface area (Å²) >= 11 is 0. The van der Waals surface area contributed by atoms with E-state index in [1.54, 1.807) is 7.11 Å². The van der Waals surface area contributed by atoms with E-state index in [2.05, 4.69) is 13.8 Å². The highest BCUT2D eigenvalue weighted by Gasteiger charge is 2.36. The second-order valence-corrected chi connectivity index (χ2v) is 4.51. The van der Waals surface area contributed by atoms with E-state index in [1.165, 1.54) is 0 Å². The van der Waals surface area contributed by atoms with Gasteiger partial charge in [-0.25, -0.2) is 0 Å². The van der Waals surface area contributed by atoms with Crippen LogP contribution in [-0.2, 0) is 9.47 Å². The molecule has 0 spiro atoms. The van der Waals surface area contributed by atoms with Crippen molar-refractivity contribution in [2.45, 2.75) is 57.3 Å². The molecule has 1 aliphatic rings. The van der Waals surface area contributed by atoms with Gasteiger partial charge in [-0.1, -0.05) is 0 Å². The third kappa shape index (κ3) is 2.94. The van der Waals surface area contributed by atoms with Gasteiger partial charge in [0.15, 0.2) is 0 Å². The number of rotatable bonds is 4. The first-order valence-corrected chi connectivity index (χ1v) is 5.52. The van der Waals surface area contributed by atoms with Crippen LogP contribution >= 0.6 is 0 Å². The van der Waals surface area contributed by atoms with Gasteiger partial charge in [0, 0.05) is 20.1 Å². The van der Waals surface area contributed by atoms with Gasteiger partial charge in [0.1, 0.15) is 0 Å². The predicted octanol–water partition coefficient (Wildman–Crippen LogP) is 1.70. The second kappa shape index (κ2) is 5.10. The summed E-state index contributed by atoms with van der Waals surface area (Å²) in [6, 6.07) is 0. The molecule has 1 aliphatic carbocycles. The van der Waals surface area contributed by atoms with E-state index in [-0.39, 0.29) is 11.7 Å². The molecule has 2 N–H and O–H groups in total. The van der Waals surface area contributed by atoms with E-state index in [1.807, 2.05) is 0 Å². The molecule has 1 rings (SSSR count). The van der Waals surface area contributed by atoms with Crippen molar-refractivity contribution in [2.75, 3.05) is 13.7 Å². The van der Waals surface area contributed by atoms with Gasteiger partial charge in [0.25, 0.3) is 0 Å². The highest BCUT2D eigenvalue weighted by atomic mass is 16.5. The minimum Gasteiger partial charge on any atom is -0.381 e. The van der Waals surface area contributed by atoms with Crippen molar-refractivity contribution in [3.05, 3.63) is 0 Å². The molecule has 1 saturated carbocycles. The van der Waals surface area contributed by atoms with E-state index in [0.717, 1.165) is 25.7 Å². The zero-order valence-electron chi connectivity index (χ0n) is 9.58. The van der Waals surface area contributed by atoms with Crippen LogP contribution in [0.5, 0.6) is 0 Å². The molecule has 0 aliphatic heterocycles. The summed E-state index contributed by atoms with van der Waals surface area (Å²) in [7, 11) is 1.77. The Kier molecular flexibility index (Phi) is 4.35. The van der Waals surface area contributed by atoms with Gasteiger partial charge in [-0.15, -0.1) is 0 Å². The molecule has 2 unspecified atom stereocenters. The molecule has 14 heavy (non-hydrogen) atoms. The smallest absolute Gasteiger partial charge is 0.0832 e. The van der Waals surface area contributed by atoms with Crippen molar-refractivity contribution < 1.29 is 9.47 Å². The molecule has 0 bridgehead atoms. The van der Waals surface area contributed by atoms with E-state index in [4.69, 9.17) is 15.2 Å². The van der Waals surface area contributed by atoms with Gasteiger partial charge in [-0.2, -0.15) is 0 Å². The standard InChI is InChI=1S/C11H23NO2/c1-9(2)14-11(8-12)6-4-5-10(7-11)13-3/h9-10H,4-8,12H2,1-3H3. The topological polar surface area (TPSA) is 44.5 Å². The van der Waals surface area contributed by atoms with Crippen molar-refractivity contribution >= 4 is 0 Å². The van der Waals surface area contributed by atoms with Crippen LogP contribution in [0.2, 0.25) is 0 Å². The SMILES string of the molecule is COC1CCCC(CN)(OC(C)C)C1. The number of nitrogens with two attached hydrogens (primary N) is 1. The first kappa shape index (κ1) is 12.0. The predicted molar refractivity (Wildman–Crippen MR) is 57.3 cm³/mol. The average Bonchev–Trinajstić information content (AvgIpc) is 2.17. The van der Waals surface area contributed by atoms with Crippen LogP contribution in [0.25, 0.3) is 0 Å². The fraction of sp³-hybridized carbons (Fsp3) is 1.00. The second-order valence-electron chi connectivity index (χ2n) is 4.51. The fourth-order valence-electron chi connectivity index (χ4n) is 2.31. The molecule has 2 atom stereocenters. The van der Waals surface area contributed by atoms with Gasteiger partial charge >= 0.3 is 0 Å². The maximum Gasteiger partial charge on any atom is 0.0832 e. The Morgan fingerprint density at radius 2 is 2.21 bits per heavy atom. The number of methoxy groups -OCH3 is 1. The Morgan fingerprint density at radius 3 is 2.71 bits per heavy atom. The summed E-state index contributed by atoms with van der Waals surface area (Å²) in [6.07, 6.45) is 4.88. The number of hydrogen-bond donors (Lipinski definition) is 1. The Hall–Kier alpha value is -0.120. The van der Waals surface area contributed by atoms with Gasteiger partial charge < -0.3 is 15.2 Å². The van der Waals surface area contributed by atoms with Crippen LogP contribution in [0, 0.1) is 0 Å². The van der Waals surface area contributed by atoms with Gasteiger partial charge in [-0.3, -0.25) is 0 Å². The molecule has 3 nitrogen and oxygen atoms in total. The zero-order valence-corrected chi connectivity index (χ0v) is 9.58. The molecule has 3 heteroatoms. The lowest BCUT2D eigenvalue weighted by molar-refractivity contribution is -0.123. The lowest BCUT2D eigenvalue weighted by Gasteiger charge is -2.40. The molecule has 0 heterocycles. The van der Waals surface area contributed by atoms with Crippen LogP contribution < -0.4 is 5.73 Å². The van der Waals surface area contributed by atoms with Crippen LogP contribution in [-0.4, -0.2) is 31.5 Å². The molecular formula is C11H23NO2. The number of hydrogen-bond acceptors (Lipinski definition) is 3. The summed E-state index contributed by atoms with van der Waals surface area (Å²) in [5.41, 5.74) is 5.69. The van der Waals surface area contributed by atoms with E-state index in [9.17, 15) is 0 Å². The maximum atomic E-state index is 5.96. The summed E-state index contributed by atoms with van der Waals surface area (Å²) in [5, 5.41) is 0. The van der Waals surface area contributed by atoms with Crippen LogP contribution in [0.3, 0.4) is 0 Å². The average molecular weight is 201 g/mol. The van der Waals surface area contributed by atoms with Gasteiger partial charge in [0.05, 0.1) is 17.8 Å². The summed E-state index contributed by atoms with van der Waals surface area (Å²) in [5.74, 6) is 0. The Bertz CT molecular complexity index is 173. The minimum absolute atomic E-state index is 0.132. The quantitative estimate of drug-likeness (QED) is 0.753. The van der Waals surface area contributed by atoms with Gasteiger partial charge in [0.2, 0.25) is 0 Å². The highest BCUT2D eigenvalue weighted by molar-refractivity contribution is 4.90. The summed E-state index contributed by atoms with van der Waals surface area (Å²) < 4.78 is 11.3. The molecule has 0 aromatic rings. The largest absolute Gasteiger partial charge is 0.381 e. The molecular weight excluding hydrogens is 178 g/mol. The summed E-state index contributed by atoms with van der Waals surface area (Å²) in [6.45, 7) is 4.73. The molecule has 1 fully saturated rings. The molecule has 0 radical (unpaired) electrons. The lowest BCUT2D eigenvalue weighted by Crippen LogP contribution is -2.48. The summed E-state index contributed by atoms with van der Waals surface area (Å²) in [4.78, 5) is 0. The van der Waals surface area contributed by atoms with Crippen molar-refractivity contribution in [3.8, 4) is 0 Å². The van der Waals surface area contributed by atoms with Crippen molar-refractivity contribution in [3.63, 3.8) is 0 Å². The third-order valence-electron chi connectivity index (χ3n) is 2.95. The van der Waals surface area contributed by atoms with Crippen LogP contribution in [0.4, 0.5) is 0 Å². The highest BCUT2D eigenvalue weighted by Crippen LogP contribution is 2.33. The molecule has 0 aromatic carbocycles. The third-order valence-corrected chi connectivity index (χ3v) is 2.95. The zero-order chi connectivity index (χ0) is 10.6. The molecule has 0 amide bonds. The first-order chi connectivity index (χ1) is 6.62. The van der Waals surface area contributed by atoms with Crippen LogP contribution in [0.15, 0.2) is 0 Å². The lowest BCUT2D eigenvalue weighted by atomic mass is 9.82. The number of ether oxygens (including phenoxy) is 2. The molecule has 84 valence electrons. The van der Waals surface area contributed by atoms with E-state index >= 15 is 0 Å². The van der Waals surface area contributed by atoms with Crippen molar-refractivity contribution in [2.24, 2.45) is 5.73 Å². The molecule has 0 saturated heterocycles. The minimum atomic E-state index is -0.132. The van der Waals surface area contributed by atoms with E-state index < -0.39 is 0 Å². The van der Waals surface area contributed by atoms with Crippen LogP contribution in [0.1, 0.15) is 39.5 Å². The Morgan fingerprint density at radius 1 is 1.50 bits per heavy atom. The van der Waals surface area contributed by atoms with E-state index in [0.29, 0.717) is 12.6 Å². The Labute approximate surface area is 86.9 Å².